The normalized spacial score (nSPS) is 11.2. The lowest BCUT2D eigenvalue weighted by molar-refractivity contribution is 0.392. The first-order chi connectivity index (χ1) is 6.42. The van der Waals surface area contributed by atoms with Crippen LogP contribution in [0.15, 0.2) is 18.2 Å². The van der Waals surface area contributed by atoms with Crippen molar-refractivity contribution >= 4 is 8.32 Å². The lowest BCUT2D eigenvalue weighted by atomic mass is 10.2. The van der Waals surface area contributed by atoms with Crippen molar-refractivity contribution < 1.29 is 9.16 Å². The summed E-state index contributed by atoms with van der Waals surface area (Å²) in [7, 11) is 0.120. The van der Waals surface area contributed by atoms with Gasteiger partial charge >= 0.3 is 0 Å². The molecule has 78 valence electrons. The molecule has 0 aromatic heterocycles. The van der Waals surface area contributed by atoms with Crippen LogP contribution in [0.3, 0.4) is 0 Å². The van der Waals surface area contributed by atoms with Gasteiger partial charge in [0.15, 0.2) is 5.75 Å². The zero-order valence-corrected chi connectivity index (χ0v) is 10.5. The van der Waals surface area contributed by atoms with Crippen LogP contribution in [-0.4, -0.2) is 15.4 Å². The van der Waals surface area contributed by atoms with Gasteiger partial charge in [0, 0.05) is 0 Å². The number of hydrogen-bond acceptors (Lipinski definition) is 2. The fraction of sp³-hybridized carbons (Fsp3) is 0.455. The molecule has 1 aromatic rings. The maximum Gasteiger partial charge on any atom is 0.242 e. The van der Waals surface area contributed by atoms with Gasteiger partial charge in [-0.15, -0.1) is 0 Å². The van der Waals surface area contributed by atoms with Gasteiger partial charge in [0.1, 0.15) is 5.75 Å². The third-order valence-electron chi connectivity index (χ3n) is 1.74. The summed E-state index contributed by atoms with van der Waals surface area (Å²) in [5.41, 5.74) is 1.19. The van der Waals surface area contributed by atoms with Gasteiger partial charge in [-0.1, -0.05) is 6.07 Å². The minimum Gasteiger partial charge on any atom is -0.542 e. The molecule has 3 heteroatoms. The third kappa shape index (κ3) is 3.07. The number of ether oxygens (including phenoxy) is 1. The third-order valence-corrected chi connectivity index (χ3v) is 2.57. The van der Waals surface area contributed by atoms with E-state index in [2.05, 4.69) is 26.6 Å². The average Bonchev–Trinajstić information content (AvgIpc) is 2.01. The summed E-state index contributed by atoms with van der Waals surface area (Å²) in [6.45, 7) is 8.54. The highest BCUT2D eigenvalue weighted by molar-refractivity contribution is 6.70. The highest BCUT2D eigenvalue weighted by Crippen LogP contribution is 2.29. The molecule has 0 unspecified atom stereocenters. The first-order valence-corrected chi connectivity index (χ1v) is 8.17. The van der Waals surface area contributed by atoms with Crippen molar-refractivity contribution in [3.05, 3.63) is 23.8 Å². The quantitative estimate of drug-likeness (QED) is 0.713. The van der Waals surface area contributed by atoms with Gasteiger partial charge in [-0.2, -0.15) is 0 Å². The summed E-state index contributed by atoms with van der Waals surface area (Å²) >= 11 is 0. The Balaban J connectivity index is 2.99. The van der Waals surface area contributed by atoms with E-state index >= 15 is 0 Å². The highest BCUT2D eigenvalue weighted by atomic mass is 28.4. The van der Waals surface area contributed by atoms with Crippen molar-refractivity contribution in [2.24, 2.45) is 0 Å². The van der Waals surface area contributed by atoms with Gasteiger partial charge in [-0.3, -0.25) is 0 Å². The summed E-state index contributed by atoms with van der Waals surface area (Å²) in [6.07, 6.45) is 0. The molecular weight excluding hydrogens is 192 g/mol. The zero-order chi connectivity index (χ0) is 10.8. The van der Waals surface area contributed by atoms with E-state index in [1.807, 2.05) is 18.2 Å². The van der Waals surface area contributed by atoms with Crippen LogP contribution in [0, 0.1) is 6.92 Å². The van der Waals surface area contributed by atoms with Gasteiger partial charge in [0.25, 0.3) is 0 Å². The van der Waals surface area contributed by atoms with E-state index in [4.69, 9.17) is 9.16 Å². The van der Waals surface area contributed by atoms with E-state index in [1.165, 1.54) is 5.56 Å². The Labute approximate surface area is 87.0 Å². The molecule has 14 heavy (non-hydrogen) atoms. The molecule has 0 saturated carbocycles. The van der Waals surface area contributed by atoms with E-state index in [9.17, 15) is 0 Å². The molecule has 0 amide bonds. The van der Waals surface area contributed by atoms with Crippen LogP contribution in [0.1, 0.15) is 5.56 Å². The maximum absolute atomic E-state index is 5.92. The molecular formula is C11H18O2Si. The fourth-order valence-electron chi connectivity index (χ4n) is 1.19. The van der Waals surface area contributed by atoms with Gasteiger partial charge in [-0.25, -0.2) is 0 Å². The summed E-state index contributed by atoms with van der Waals surface area (Å²) in [5.74, 6) is 1.68. The maximum atomic E-state index is 5.92. The number of hydrogen-bond donors (Lipinski definition) is 0. The Bertz CT molecular complexity index is 316. The average molecular weight is 210 g/mol. The Morgan fingerprint density at radius 1 is 1.07 bits per heavy atom. The highest BCUT2D eigenvalue weighted by Gasteiger charge is 2.18. The molecule has 0 aliphatic heterocycles. The fourth-order valence-corrected chi connectivity index (χ4v) is 2.01. The van der Waals surface area contributed by atoms with E-state index in [1.54, 1.807) is 7.11 Å². The second kappa shape index (κ2) is 4.05. The molecule has 1 rings (SSSR count). The second-order valence-electron chi connectivity index (χ2n) is 4.37. The molecule has 0 atom stereocenters. The van der Waals surface area contributed by atoms with Gasteiger partial charge in [-0.05, 0) is 44.3 Å². The van der Waals surface area contributed by atoms with E-state index in [0.717, 1.165) is 11.5 Å². The molecule has 2 nitrogen and oxygen atoms in total. The molecule has 0 aliphatic rings. The predicted octanol–water partition coefficient (Wildman–Crippen LogP) is 3.22. The van der Waals surface area contributed by atoms with Gasteiger partial charge < -0.3 is 9.16 Å². The molecule has 1 aromatic carbocycles. The van der Waals surface area contributed by atoms with Gasteiger partial charge in [0.05, 0.1) is 7.11 Å². The first kappa shape index (κ1) is 11.1. The van der Waals surface area contributed by atoms with Crippen LogP contribution < -0.4 is 9.16 Å². The largest absolute Gasteiger partial charge is 0.542 e. The second-order valence-corrected chi connectivity index (χ2v) is 8.80. The Hall–Kier alpha value is -0.963. The molecule has 0 aliphatic carbocycles. The molecule has 0 N–H and O–H groups in total. The van der Waals surface area contributed by atoms with E-state index < -0.39 is 8.32 Å². The van der Waals surface area contributed by atoms with Crippen molar-refractivity contribution in [3.8, 4) is 11.5 Å². The smallest absolute Gasteiger partial charge is 0.242 e. The number of methoxy groups -OCH3 is 1. The Kier molecular flexibility index (Phi) is 3.21. The van der Waals surface area contributed by atoms with Crippen LogP contribution >= 0.6 is 0 Å². The summed E-state index contributed by atoms with van der Waals surface area (Å²) in [5, 5.41) is 0. The van der Waals surface area contributed by atoms with Gasteiger partial charge in [0.2, 0.25) is 8.32 Å². The van der Waals surface area contributed by atoms with Crippen molar-refractivity contribution in [2.45, 2.75) is 26.6 Å². The standard InChI is InChI=1S/C11H18O2Si/c1-9-6-7-10(12-2)11(8-9)13-14(3,4)5/h6-8H,1-5H3. The zero-order valence-electron chi connectivity index (χ0n) is 9.55. The lowest BCUT2D eigenvalue weighted by Crippen LogP contribution is -2.29. The molecule has 0 heterocycles. The number of rotatable bonds is 3. The van der Waals surface area contributed by atoms with Crippen molar-refractivity contribution in [3.63, 3.8) is 0 Å². The van der Waals surface area contributed by atoms with Crippen molar-refractivity contribution in [1.29, 1.82) is 0 Å². The molecule has 0 radical (unpaired) electrons. The minimum absolute atomic E-state index is 0.818. The molecule has 0 bridgehead atoms. The predicted molar refractivity (Wildman–Crippen MR) is 61.7 cm³/mol. The van der Waals surface area contributed by atoms with Crippen molar-refractivity contribution in [2.75, 3.05) is 7.11 Å². The first-order valence-electron chi connectivity index (χ1n) is 4.76. The number of benzene rings is 1. The van der Waals surface area contributed by atoms with Crippen LogP contribution in [0.25, 0.3) is 0 Å². The Morgan fingerprint density at radius 3 is 2.21 bits per heavy atom. The van der Waals surface area contributed by atoms with Crippen LogP contribution in [0.4, 0.5) is 0 Å². The van der Waals surface area contributed by atoms with E-state index in [0.29, 0.717) is 0 Å². The van der Waals surface area contributed by atoms with Crippen LogP contribution in [0.2, 0.25) is 19.6 Å². The SMILES string of the molecule is COc1ccc(C)cc1O[Si](C)(C)C. The topological polar surface area (TPSA) is 18.5 Å². The van der Waals surface area contributed by atoms with Crippen molar-refractivity contribution in [1.82, 2.24) is 0 Å². The van der Waals surface area contributed by atoms with E-state index in [-0.39, 0.29) is 0 Å². The molecule has 0 fully saturated rings. The number of aryl methyl sites for hydroxylation is 1. The summed E-state index contributed by atoms with van der Waals surface area (Å²) in [6, 6.07) is 6.00. The monoisotopic (exact) mass is 210 g/mol. The minimum atomic E-state index is -1.55. The Morgan fingerprint density at radius 2 is 1.71 bits per heavy atom. The molecule has 0 saturated heterocycles. The summed E-state index contributed by atoms with van der Waals surface area (Å²) < 4.78 is 11.2. The van der Waals surface area contributed by atoms with Crippen LogP contribution in [-0.2, 0) is 0 Å². The lowest BCUT2D eigenvalue weighted by Gasteiger charge is -2.21. The molecule has 0 spiro atoms. The summed E-state index contributed by atoms with van der Waals surface area (Å²) in [4.78, 5) is 0. The van der Waals surface area contributed by atoms with Crippen LogP contribution in [0.5, 0.6) is 11.5 Å².